The minimum Gasteiger partial charge on any atom is -0.452 e. The van der Waals surface area contributed by atoms with Gasteiger partial charge in [-0.05, 0) is 55.3 Å². The summed E-state index contributed by atoms with van der Waals surface area (Å²) in [7, 11) is -3.99. The van der Waals surface area contributed by atoms with E-state index >= 15 is 0 Å². The molecule has 0 atom stereocenters. The molecule has 0 bridgehead atoms. The van der Waals surface area contributed by atoms with Crippen LogP contribution in [0.4, 0.5) is 5.69 Å². The van der Waals surface area contributed by atoms with Gasteiger partial charge in [-0.25, -0.2) is 13.2 Å². The fourth-order valence-electron chi connectivity index (χ4n) is 2.69. The first kappa shape index (κ1) is 21.9. The topological polar surface area (TPSA) is 92.8 Å². The maximum absolute atomic E-state index is 13.2. The van der Waals surface area contributed by atoms with Gasteiger partial charge in [0.15, 0.2) is 6.61 Å². The molecule has 0 saturated heterocycles. The Hall–Kier alpha value is -2.84. The molecule has 0 unspecified atom stereocenters. The van der Waals surface area contributed by atoms with Crippen molar-refractivity contribution in [2.75, 3.05) is 17.5 Å². The first-order valence-corrected chi connectivity index (χ1v) is 11.1. The number of nitrogens with zero attached hydrogens (tertiary/aromatic N) is 1. The van der Waals surface area contributed by atoms with E-state index in [-0.39, 0.29) is 29.0 Å². The summed E-state index contributed by atoms with van der Waals surface area (Å²) in [6.07, 6.45) is 3.31. The molecule has 1 aliphatic rings. The third-order valence-electron chi connectivity index (χ3n) is 4.34. The molecule has 1 amide bonds. The van der Waals surface area contributed by atoms with Crippen LogP contribution in [-0.2, 0) is 19.6 Å². The number of halogens is 1. The molecule has 1 N–H and O–H groups in total. The number of anilines is 1. The van der Waals surface area contributed by atoms with E-state index in [0.29, 0.717) is 10.7 Å². The van der Waals surface area contributed by atoms with Crippen molar-refractivity contribution in [3.05, 3.63) is 71.8 Å². The van der Waals surface area contributed by atoms with Crippen molar-refractivity contribution in [3.63, 3.8) is 0 Å². The number of carbonyl (C=O) groups excluding carboxylic acids is 2. The molecule has 2 aromatic carbocycles. The molecule has 158 valence electrons. The van der Waals surface area contributed by atoms with Crippen LogP contribution in [0.3, 0.4) is 0 Å². The Morgan fingerprint density at radius 3 is 2.53 bits per heavy atom. The van der Waals surface area contributed by atoms with Gasteiger partial charge in [0, 0.05) is 11.1 Å². The van der Waals surface area contributed by atoms with Crippen LogP contribution in [0.2, 0.25) is 5.02 Å². The molecule has 7 nitrogen and oxygen atoms in total. The lowest BCUT2D eigenvalue weighted by molar-refractivity contribution is -0.124. The number of carbonyl (C=O) groups is 2. The number of rotatable bonds is 9. The summed E-state index contributed by atoms with van der Waals surface area (Å²) in [5.41, 5.74) is 0.439. The number of hydrogen-bond donors (Lipinski definition) is 1. The van der Waals surface area contributed by atoms with Gasteiger partial charge in [0.2, 0.25) is 0 Å². The summed E-state index contributed by atoms with van der Waals surface area (Å²) in [5.74, 6) is -1.16. The second kappa shape index (κ2) is 9.32. The largest absolute Gasteiger partial charge is 0.452 e. The molecule has 0 aromatic heterocycles. The van der Waals surface area contributed by atoms with Gasteiger partial charge in [-0.1, -0.05) is 23.7 Å². The van der Waals surface area contributed by atoms with E-state index in [1.165, 1.54) is 30.3 Å². The van der Waals surface area contributed by atoms with Crippen LogP contribution in [0.15, 0.2) is 66.1 Å². The molecular weight excluding hydrogens is 428 g/mol. The lowest BCUT2D eigenvalue weighted by Crippen LogP contribution is -2.31. The van der Waals surface area contributed by atoms with Crippen LogP contribution in [0, 0.1) is 0 Å². The first-order valence-electron chi connectivity index (χ1n) is 9.27. The van der Waals surface area contributed by atoms with Crippen molar-refractivity contribution in [1.29, 1.82) is 0 Å². The summed E-state index contributed by atoms with van der Waals surface area (Å²) in [4.78, 5) is 23.9. The molecule has 1 saturated carbocycles. The highest BCUT2D eigenvalue weighted by molar-refractivity contribution is 7.92. The molecule has 30 heavy (non-hydrogen) atoms. The van der Waals surface area contributed by atoms with Crippen molar-refractivity contribution in [2.45, 2.75) is 23.8 Å². The zero-order valence-electron chi connectivity index (χ0n) is 16.1. The minimum atomic E-state index is -3.99. The first-order chi connectivity index (χ1) is 14.3. The highest BCUT2D eigenvalue weighted by atomic mass is 35.5. The van der Waals surface area contributed by atoms with E-state index in [1.54, 1.807) is 24.3 Å². The van der Waals surface area contributed by atoms with Gasteiger partial charge < -0.3 is 10.1 Å². The standard InChI is InChI=1S/C21H21ClN2O5S/c1-2-12-24(18-10-6-16(22)7-11-18)30(27,28)19-5-3-4-15(13-19)21(26)29-14-20(25)23-17-8-9-17/h2-7,10-11,13,17H,1,8-9,12,14H2,(H,23,25). The fraction of sp³-hybridized carbons (Fsp3) is 0.238. The van der Waals surface area contributed by atoms with Gasteiger partial charge in [0.05, 0.1) is 22.7 Å². The third kappa shape index (κ3) is 5.40. The van der Waals surface area contributed by atoms with Crippen molar-refractivity contribution in [3.8, 4) is 0 Å². The number of nitrogens with one attached hydrogen (secondary N) is 1. The Bertz CT molecular complexity index is 1050. The summed E-state index contributed by atoms with van der Waals surface area (Å²) >= 11 is 5.90. The zero-order chi connectivity index (χ0) is 21.7. The van der Waals surface area contributed by atoms with E-state index < -0.39 is 22.6 Å². The highest BCUT2D eigenvalue weighted by Crippen LogP contribution is 2.26. The molecule has 1 fully saturated rings. The lowest BCUT2D eigenvalue weighted by Gasteiger charge is -2.23. The SMILES string of the molecule is C=CCN(c1ccc(Cl)cc1)S(=O)(=O)c1cccc(C(=O)OCC(=O)NC2CC2)c1. The molecule has 0 radical (unpaired) electrons. The summed E-state index contributed by atoms with van der Waals surface area (Å²) in [5, 5.41) is 3.19. The molecule has 0 aliphatic heterocycles. The van der Waals surface area contributed by atoms with Gasteiger partial charge >= 0.3 is 5.97 Å². The number of ether oxygens (including phenoxy) is 1. The maximum Gasteiger partial charge on any atom is 0.338 e. The average molecular weight is 449 g/mol. The van der Waals surface area contributed by atoms with Crippen molar-refractivity contribution >= 4 is 39.2 Å². The second-order valence-electron chi connectivity index (χ2n) is 6.75. The summed E-state index contributed by atoms with van der Waals surface area (Å²) in [6, 6.07) is 12.0. The van der Waals surface area contributed by atoms with E-state index in [4.69, 9.17) is 16.3 Å². The fourth-order valence-corrected chi connectivity index (χ4v) is 4.30. The summed E-state index contributed by atoms with van der Waals surface area (Å²) < 4.78 is 32.6. The van der Waals surface area contributed by atoms with Crippen LogP contribution in [-0.4, -0.2) is 39.5 Å². The predicted molar refractivity (Wildman–Crippen MR) is 114 cm³/mol. The van der Waals surface area contributed by atoms with Crippen LogP contribution in [0.1, 0.15) is 23.2 Å². The van der Waals surface area contributed by atoms with Crippen LogP contribution in [0.5, 0.6) is 0 Å². The van der Waals surface area contributed by atoms with E-state index in [1.807, 2.05) is 0 Å². The Balaban J connectivity index is 1.79. The lowest BCUT2D eigenvalue weighted by atomic mass is 10.2. The van der Waals surface area contributed by atoms with Crippen molar-refractivity contribution in [1.82, 2.24) is 5.32 Å². The number of esters is 1. The number of hydrogen-bond acceptors (Lipinski definition) is 5. The van der Waals surface area contributed by atoms with Crippen molar-refractivity contribution < 1.29 is 22.7 Å². The molecule has 1 aliphatic carbocycles. The van der Waals surface area contributed by atoms with Crippen LogP contribution < -0.4 is 9.62 Å². The van der Waals surface area contributed by atoms with Crippen LogP contribution in [0.25, 0.3) is 0 Å². The number of amides is 1. The van der Waals surface area contributed by atoms with Gasteiger partial charge in [0.1, 0.15) is 0 Å². The Morgan fingerprint density at radius 2 is 1.90 bits per heavy atom. The van der Waals surface area contributed by atoms with Gasteiger partial charge in [0.25, 0.3) is 15.9 Å². The molecule has 0 heterocycles. The van der Waals surface area contributed by atoms with Crippen molar-refractivity contribution in [2.24, 2.45) is 0 Å². The number of sulfonamides is 1. The Morgan fingerprint density at radius 1 is 1.20 bits per heavy atom. The molecular formula is C21H21ClN2O5S. The molecule has 0 spiro atoms. The predicted octanol–water partition coefficient (Wildman–Crippen LogP) is 3.16. The van der Waals surface area contributed by atoms with Gasteiger partial charge in [-0.2, -0.15) is 0 Å². The minimum absolute atomic E-state index is 0.0278. The van der Waals surface area contributed by atoms with Crippen LogP contribution >= 0.6 is 11.6 Å². The van der Waals surface area contributed by atoms with E-state index in [0.717, 1.165) is 17.1 Å². The smallest absolute Gasteiger partial charge is 0.338 e. The molecule has 3 rings (SSSR count). The normalized spacial score (nSPS) is 13.4. The van der Waals surface area contributed by atoms with E-state index in [2.05, 4.69) is 11.9 Å². The zero-order valence-corrected chi connectivity index (χ0v) is 17.7. The molecule has 2 aromatic rings. The highest BCUT2D eigenvalue weighted by Gasteiger charge is 2.26. The third-order valence-corrected chi connectivity index (χ3v) is 6.39. The second-order valence-corrected chi connectivity index (χ2v) is 9.05. The molecule has 9 heteroatoms. The number of benzene rings is 2. The monoisotopic (exact) mass is 448 g/mol. The maximum atomic E-state index is 13.2. The summed E-state index contributed by atoms with van der Waals surface area (Å²) in [6.45, 7) is 3.23. The Kier molecular flexibility index (Phi) is 6.79. The van der Waals surface area contributed by atoms with E-state index in [9.17, 15) is 18.0 Å². The van der Waals surface area contributed by atoms with Gasteiger partial charge in [-0.3, -0.25) is 9.10 Å². The quantitative estimate of drug-likeness (QED) is 0.470. The average Bonchev–Trinajstić information content (AvgIpc) is 3.55. The Labute approximate surface area is 180 Å². The van der Waals surface area contributed by atoms with Gasteiger partial charge in [-0.15, -0.1) is 6.58 Å².